The molecule has 0 aromatic heterocycles. The second-order valence-electron chi connectivity index (χ2n) is 5.73. The van der Waals surface area contributed by atoms with Crippen molar-refractivity contribution < 1.29 is 9.59 Å². The number of amides is 2. The maximum atomic E-state index is 12.1. The Morgan fingerprint density at radius 2 is 2.18 bits per heavy atom. The third-order valence-electron chi connectivity index (χ3n) is 3.82. The van der Waals surface area contributed by atoms with Crippen LogP contribution < -0.4 is 5.32 Å². The first-order valence-corrected chi connectivity index (χ1v) is 8.21. The van der Waals surface area contributed by atoms with Gasteiger partial charge in [0.2, 0.25) is 11.8 Å². The van der Waals surface area contributed by atoms with Gasteiger partial charge in [0.15, 0.2) is 0 Å². The molecule has 0 spiro atoms. The molecule has 0 saturated carbocycles. The Morgan fingerprint density at radius 3 is 2.82 bits per heavy atom. The van der Waals surface area contributed by atoms with Gasteiger partial charge in [-0.2, -0.15) is 0 Å². The van der Waals surface area contributed by atoms with Gasteiger partial charge in [-0.1, -0.05) is 28.1 Å². The van der Waals surface area contributed by atoms with Gasteiger partial charge in [0.1, 0.15) is 0 Å². The number of hydrogen-bond donors (Lipinski definition) is 1. The predicted octanol–water partition coefficient (Wildman–Crippen LogP) is 3.51. The maximum absolute atomic E-state index is 12.1. The second kappa shape index (κ2) is 7.58. The Kier molecular flexibility index (Phi) is 5.77. The normalized spacial score (nSPS) is 16.6. The van der Waals surface area contributed by atoms with Crippen LogP contribution in [-0.2, 0) is 9.59 Å². The molecule has 1 aromatic rings. The lowest BCUT2D eigenvalue weighted by Gasteiger charge is -2.19. The van der Waals surface area contributed by atoms with E-state index in [0.717, 1.165) is 28.6 Å². The first kappa shape index (κ1) is 16.7. The molecule has 2 amide bonds. The third-order valence-corrected chi connectivity index (χ3v) is 4.31. The first-order chi connectivity index (χ1) is 10.5. The van der Waals surface area contributed by atoms with Crippen LogP contribution in [0.3, 0.4) is 0 Å². The lowest BCUT2D eigenvalue weighted by atomic mass is 10.0. The second-order valence-corrected chi connectivity index (χ2v) is 6.64. The van der Waals surface area contributed by atoms with Crippen molar-refractivity contribution in [2.24, 2.45) is 5.92 Å². The van der Waals surface area contributed by atoms with Crippen molar-refractivity contribution >= 4 is 33.4 Å². The highest BCUT2D eigenvalue weighted by Crippen LogP contribution is 2.21. The minimum Gasteiger partial charge on any atom is -0.336 e. The van der Waals surface area contributed by atoms with Crippen LogP contribution in [0.5, 0.6) is 0 Å². The number of allylic oxidation sites excluding steroid dienone is 2. The molecule has 1 aliphatic rings. The molecule has 1 N–H and O–H groups in total. The molecule has 5 heteroatoms. The number of aryl methyl sites for hydroxylation is 1. The Bertz CT molecular complexity index is 598. The SMILES string of the molecule is Cc1cc(Br)ccc1NC(=O)CN(C)C(=O)C[C@H]1C=CCC1. The van der Waals surface area contributed by atoms with E-state index in [2.05, 4.69) is 33.4 Å². The van der Waals surface area contributed by atoms with E-state index in [9.17, 15) is 9.59 Å². The predicted molar refractivity (Wildman–Crippen MR) is 91.6 cm³/mol. The van der Waals surface area contributed by atoms with Crippen LogP contribution in [0.1, 0.15) is 24.8 Å². The summed E-state index contributed by atoms with van der Waals surface area (Å²) in [5.74, 6) is 0.161. The van der Waals surface area contributed by atoms with E-state index in [-0.39, 0.29) is 18.4 Å². The molecular weight excluding hydrogens is 344 g/mol. The van der Waals surface area contributed by atoms with E-state index >= 15 is 0 Å². The Labute approximate surface area is 139 Å². The molecular formula is C17H21BrN2O2. The van der Waals surface area contributed by atoms with E-state index < -0.39 is 0 Å². The zero-order valence-corrected chi connectivity index (χ0v) is 14.5. The molecule has 0 saturated heterocycles. The molecule has 2 rings (SSSR count). The smallest absolute Gasteiger partial charge is 0.243 e. The van der Waals surface area contributed by atoms with Gasteiger partial charge in [0.05, 0.1) is 6.54 Å². The van der Waals surface area contributed by atoms with E-state index in [1.54, 1.807) is 7.05 Å². The van der Waals surface area contributed by atoms with Crippen LogP contribution in [0.25, 0.3) is 0 Å². The van der Waals surface area contributed by atoms with Gasteiger partial charge in [-0.15, -0.1) is 0 Å². The quantitative estimate of drug-likeness (QED) is 0.812. The minimum atomic E-state index is -0.178. The number of likely N-dealkylation sites (N-methyl/N-ethyl adjacent to an activating group) is 1. The van der Waals surface area contributed by atoms with Gasteiger partial charge in [-0.05, 0) is 49.4 Å². The topological polar surface area (TPSA) is 49.4 Å². The molecule has 118 valence electrons. The number of rotatable bonds is 5. The number of carbonyl (C=O) groups excluding carboxylic acids is 2. The monoisotopic (exact) mass is 364 g/mol. The van der Waals surface area contributed by atoms with E-state index in [1.807, 2.05) is 25.1 Å². The van der Waals surface area contributed by atoms with Gasteiger partial charge in [0, 0.05) is 23.6 Å². The average Bonchev–Trinajstić information content (AvgIpc) is 2.94. The number of carbonyl (C=O) groups is 2. The molecule has 1 aromatic carbocycles. The summed E-state index contributed by atoms with van der Waals surface area (Å²) < 4.78 is 0.972. The molecule has 22 heavy (non-hydrogen) atoms. The summed E-state index contributed by atoms with van der Waals surface area (Å²) in [5, 5.41) is 2.85. The zero-order valence-electron chi connectivity index (χ0n) is 12.9. The van der Waals surface area contributed by atoms with Gasteiger partial charge in [-0.3, -0.25) is 9.59 Å². The van der Waals surface area contributed by atoms with E-state index in [1.165, 1.54) is 4.90 Å². The minimum absolute atomic E-state index is 0.0132. The third kappa shape index (κ3) is 4.70. The van der Waals surface area contributed by atoms with Crippen molar-refractivity contribution in [2.45, 2.75) is 26.2 Å². The Balaban J connectivity index is 1.85. The van der Waals surface area contributed by atoms with Crippen LogP contribution >= 0.6 is 15.9 Å². The van der Waals surface area contributed by atoms with Crippen LogP contribution in [0.2, 0.25) is 0 Å². The lowest BCUT2D eigenvalue weighted by Crippen LogP contribution is -2.35. The summed E-state index contributed by atoms with van der Waals surface area (Å²) in [5.41, 5.74) is 1.75. The first-order valence-electron chi connectivity index (χ1n) is 7.42. The fourth-order valence-electron chi connectivity index (χ4n) is 2.51. The molecule has 0 bridgehead atoms. The van der Waals surface area contributed by atoms with Crippen LogP contribution in [0.15, 0.2) is 34.8 Å². The zero-order chi connectivity index (χ0) is 16.1. The molecule has 4 nitrogen and oxygen atoms in total. The van der Waals surface area contributed by atoms with Crippen molar-refractivity contribution in [3.05, 3.63) is 40.4 Å². The van der Waals surface area contributed by atoms with Crippen LogP contribution in [0, 0.1) is 12.8 Å². The Morgan fingerprint density at radius 1 is 1.41 bits per heavy atom. The summed E-state index contributed by atoms with van der Waals surface area (Å²) in [4.78, 5) is 25.7. The standard InChI is InChI=1S/C17H21BrN2O2/c1-12-9-14(18)7-8-15(12)19-16(21)11-20(2)17(22)10-13-5-3-4-6-13/h3,5,7-9,13H,4,6,10-11H2,1-2H3,(H,19,21)/t13-/m0/s1. The molecule has 1 atom stereocenters. The molecule has 0 heterocycles. The van der Waals surface area contributed by atoms with Crippen molar-refractivity contribution in [3.8, 4) is 0 Å². The largest absolute Gasteiger partial charge is 0.336 e. The summed E-state index contributed by atoms with van der Waals surface area (Å²) in [7, 11) is 1.68. The van der Waals surface area contributed by atoms with Gasteiger partial charge in [0.25, 0.3) is 0 Å². The average molecular weight is 365 g/mol. The lowest BCUT2D eigenvalue weighted by molar-refractivity contribution is -0.133. The van der Waals surface area contributed by atoms with Crippen molar-refractivity contribution in [1.29, 1.82) is 0 Å². The maximum Gasteiger partial charge on any atom is 0.243 e. The highest BCUT2D eigenvalue weighted by molar-refractivity contribution is 9.10. The molecule has 0 aliphatic heterocycles. The number of anilines is 1. The van der Waals surface area contributed by atoms with E-state index in [4.69, 9.17) is 0 Å². The number of nitrogens with one attached hydrogen (secondary N) is 1. The number of hydrogen-bond acceptors (Lipinski definition) is 2. The summed E-state index contributed by atoms with van der Waals surface area (Å²) in [6.07, 6.45) is 6.77. The number of halogens is 1. The number of benzene rings is 1. The fourth-order valence-corrected chi connectivity index (χ4v) is 2.98. The molecule has 0 unspecified atom stereocenters. The van der Waals surface area contributed by atoms with Crippen LogP contribution in [-0.4, -0.2) is 30.3 Å². The van der Waals surface area contributed by atoms with Crippen molar-refractivity contribution in [1.82, 2.24) is 4.90 Å². The van der Waals surface area contributed by atoms with Gasteiger partial charge < -0.3 is 10.2 Å². The van der Waals surface area contributed by atoms with Crippen molar-refractivity contribution in [2.75, 3.05) is 18.9 Å². The highest BCUT2D eigenvalue weighted by atomic mass is 79.9. The summed E-state index contributed by atoms with van der Waals surface area (Å²) in [6, 6.07) is 5.67. The summed E-state index contributed by atoms with van der Waals surface area (Å²) in [6.45, 7) is 2.01. The number of nitrogens with zero attached hydrogens (tertiary/aromatic N) is 1. The van der Waals surface area contributed by atoms with Gasteiger partial charge >= 0.3 is 0 Å². The Hall–Kier alpha value is -1.62. The highest BCUT2D eigenvalue weighted by Gasteiger charge is 2.18. The van der Waals surface area contributed by atoms with Crippen LogP contribution in [0.4, 0.5) is 5.69 Å². The van der Waals surface area contributed by atoms with E-state index in [0.29, 0.717) is 12.3 Å². The fraction of sp³-hybridized carbons (Fsp3) is 0.412. The molecule has 0 radical (unpaired) electrons. The van der Waals surface area contributed by atoms with Gasteiger partial charge in [-0.25, -0.2) is 0 Å². The van der Waals surface area contributed by atoms with Crippen molar-refractivity contribution in [3.63, 3.8) is 0 Å². The molecule has 1 aliphatic carbocycles. The molecule has 0 fully saturated rings. The summed E-state index contributed by atoms with van der Waals surface area (Å²) >= 11 is 3.39.